The van der Waals surface area contributed by atoms with Crippen molar-refractivity contribution in [3.63, 3.8) is 0 Å². The van der Waals surface area contributed by atoms with Crippen LogP contribution in [-0.4, -0.2) is 37.9 Å². The minimum Gasteiger partial charge on any atom is -0.338 e. The van der Waals surface area contributed by atoms with E-state index in [0.29, 0.717) is 35.1 Å². The van der Waals surface area contributed by atoms with Gasteiger partial charge in [0, 0.05) is 29.8 Å². The topological polar surface area (TPSA) is 78.5 Å². The number of nitrogens with one attached hydrogen (secondary N) is 2. The van der Waals surface area contributed by atoms with Gasteiger partial charge >= 0.3 is 6.03 Å². The van der Waals surface area contributed by atoms with Crippen LogP contribution >= 0.6 is 11.6 Å². The van der Waals surface area contributed by atoms with Gasteiger partial charge in [0.2, 0.25) is 10.0 Å². The van der Waals surface area contributed by atoms with Gasteiger partial charge in [0.1, 0.15) is 0 Å². The predicted octanol–water partition coefficient (Wildman–Crippen LogP) is 4.40. The van der Waals surface area contributed by atoms with Crippen LogP contribution in [0.4, 0.5) is 10.5 Å². The molecule has 0 radical (unpaired) electrons. The molecule has 0 unspecified atom stereocenters. The molecule has 1 fully saturated rings. The third-order valence-electron chi connectivity index (χ3n) is 5.05. The molecule has 1 saturated heterocycles. The van der Waals surface area contributed by atoms with Gasteiger partial charge in [-0.25, -0.2) is 13.2 Å². The number of sulfonamides is 1. The molecule has 156 valence electrons. The second-order valence-electron chi connectivity index (χ2n) is 7.26. The highest BCUT2D eigenvalue weighted by Crippen LogP contribution is 2.27. The number of benzene rings is 2. The zero-order valence-corrected chi connectivity index (χ0v) is 18.0. The molecule has 2 N–H and O–H groups in total. The number of amides is 2. The molecule has 3 rings (SSSR count). The lowest BCUT2D eigenvalue weighted by Gasteiger charge is -2.34. The van der Waals surface area contributed by atoms with Crippen LogP contribution in [0.25, 0.3) is 0 Å². The predicted molar refractivity (Wildman–Crippen MR) is 116 cm³/mol. The number of aryl methyl sites for hydroxylation is 1. The quantitative estimate of drug-likeness (QED) is 0.705. The van der Waals surface area contributed by atoms with E-state index in [1.54, 1.807) is 40.7 Å². The number of hydrogen-bond donors (Lipinski definition) is 2. The molecule has 0 aliphatic carbocycles. The normalized spacial score (nSPS) is 17.7. The van der Waals surface area contributed by atoms with E-state index < -0.39 is 10.0 Å². The molecule has 0 bridgehead atoms. The summed E-state index contributed by atoms with van der Waals surface area (Å²) in [7, 11) is -3.54. The first kappa shape index (κ1) is 21.6. The maximum atomic E-state index is 13.1. The van der Waals surface area contributed by atoms with Crippen molar-refractivity contribution in [2.45, 2.75) is 43.5 Å². The Labute approximate surface area is 177 Å². The van der Waals surface area contributed by atoms with Crippen molar-refractivity contribution in [1.29, 1.82) is 0 Å². The molecule has 2 aromatic rings. The third-order valence-corrected chi connectivity index (χ3v) is 7.25. The van der Waals surface area contributed by atoms with E-state index in [2.05, 4.69) is 10.6 Å². The smallest absolute Gasteiger partial charge is 0.319 e. The fraction of sp³-hybridized carbons (Fsp3) is 0.381. The zero-order chi connectivity index (χ0) is 20.9. The van der Waals surface area contributed by atoms with Gasteiger partial charge in [-0.05, 0) is 56.5 Å². The molecular weight excluding hydrogens is 410 g/mol. The Morgan fingerprint density at radius 2 is 1.93 bits per heavy atom. The summed E-state index contributed by atoms with van der Waals surface area (Å²) in [5.41, 5.74) is 1.63. The minimum atomic E-state index is -3.54. The first-order valence-corrected chi connectivity index (χ1v) is 11.6. The van der Waals surface area contributed by atoms with Crippen molar-refractivity contribution in [2.75, 3.05) is 18.4 Å². The van der Waals surface area contributed by atoms with Gasteiger partial charge in [-0.15, -0.1) is 0 Å². The zero-order valence-electron chi connectivity index (χ0n) is 16.4. The Kier molecular flexibility index (Phi) is 7.16. The van der Waals surface area contributed by atoms with E-state index in [1.165, 1.54) is 0 Å². The number of urea groups is 1. The van der Waals surface area contributed by atoms with Crippen LogP contribution in [0.1, 0.15) is 31.2 Å². The van der Waals surface area contributed by atoms with Crippen LogP contribution in [0, 0.1) is 6.92 Å². The Morgan fingerprint density at radius 3 is 2.66 bits per heavy atom. The molecule has 1 aliphatic heterocycles. The fourth-order valence-corrected chi connectivity index (χ4v) is 5.43. The summed E-state index contributed by atoms with van der Waals surface area (Å²) < 4.78 is 27.8. The number of carbonyl (C=O) groups is 1. The largest absolute Gasteiger partial charge is 0.338 e. The lowest BCUT2D eigenvalue weighted by Crippen LogP contribution is -2.45. The summed E-state index contributed by atoms with van der Waals surface area (Å²) in [6.45, 7) is 2.83. The van der Waals surface area contributed by atoms with Crippen LogP contribution < -0.4 is 10.6 Å². The number of hydrogen-bond acceptors (Lipinski definition) is 3. The SMILES string of the molecule is Cc1ccc(S(=O)(=O)N2CCCC[C@H]2CCNC(=O)Nc2cccc(Cl)c2)cc1. The van der Waals surface area contributed by atoms with Crippen LogP contribution in [0.15, 0.2) is 53.4 Å². The molecule has 2 aromatic carbocycles. The number of piperidine rings is 1. The number of halogens is 1. The average molecular weight is 436 g/mol. The molecule has 29 heavy (non-hydrogen) atoms. The molecule has 2 amide bonds. The van der Waals surface area contributed by atoms with Crippen LogP contribution in [0.3, 0.4) is 0 Å². The molecule has 0 aromatic heterocycles. The van der Waals surface area contributed by atoms with Gasteiger partial charge < -0.3 is 10.6 Å². The van der Waals surface area contributed by atoms with Crippen molar-refractivity contribution < 1.29 is 13.2 Å². The highest BCUT2D eigenvalue weighted by atomic mass is 35.5. The highest BCUT2D eigenvalue weighted by molar-refractivity contribution is 7.89. The molecule has 1 aliphatic rings. The number of carbonyl (C=O) groups excluding carboxylic acids is 1. The van der Waals surface area contributed by atoms with E-state index >= 15 is 0 Å². The summed E-state index contributed by atoms with van der Waals surface area (Å²) >= 11 is 5.92. The molecule has 0 saturated carbocycles. The maximum absolute atomic E-state index is 13.1. The van der Waals surface area contributed by atoms with Gasteiger partial charge in [0.25, 0.3) is 0 Å². The number of nitrogens with zero attached hydrogens (tertiary/aromatic N) is 1. The molecule has 1 atom stereocenters. The first-order valence-electron chi connectivity index (χ1n) is 9.75. The lowest BCUT2D eigenvalue weighted by molar-refractivity contribution is 0.234. The van der Waals surface area contributed by atoms with Crippen molar-refractivity contribution in [2.24, 2.45) is 0 Å². The monoisotopic (exact) mass is 435 g/mol. The Hall–Kier alpha value is -2.09. The second kappa shape index (κ2) is 9.61. The molecule has 1 heterocycles. The number of rotatable bonds is 6. The highest BCUT2D eigenvalue weighted by Gasteiger charge is 2.33. The second-order valence-corrected chi connectivity index (χ2v) is 9.59. The first-order chi connectivity index (χ1) is 13.9. The van der Waals surface area contributed by atoms with Crippen molar-refractivity contribution in [3.8, 4) is 0 Å². The Bertz CT molecular complexity index is 948. The van der Waals surface area contributed by atoms with Gasteiger partial charge in [-0.3, -0.25) is 0 Å². The molecule has 8 heteroatoms. The molecular formula is C21H26ClN3O3S. The average Bonchev–Trinajstić information content (AvgIpc) is 2.68. The maximum Gasteiger partial charge on any atom is 0.319 e. The van der Waals surface area contributed by atoms with Crippen LogP contribution in [0.2, 0.25) is 5.02 Å². The number of anilines is 1. The third kappa shape index (κ3) is 5.72. The molecule has 6 nitrogen and oxygen atoms in total. The summed E-state index contributed by atoms with van der Waals surface area (Å²) in [4.78, 5) is 12.4. The van der Waals surface area contributed by atoms with Crippen molar-refractivity contribution >= 4 is 33.3 Å². The van der Waals surface area contributed by atoms with Crippen LogP contribution in [-0.2, 0) is 10.0 Å². The van der Waals surface area contributed by atoms with Crippen LogP contribution in [0.5, 0.6) is 0 Å². The van der Waals surface area contributed by atoms with Gasteiger partial charge in [0.15, 0.2) is 0 Å². The van der Waals surface area contributed by atoms with E-state index in [9.17, 15) is 13.2 Å². The van der Waals surface area contributed by atoms with Crippen molar-refractivity contribution in [3.05, 3.63) is 59.1 Å². The van der Waals surface area contributed by atoms with E-state index in [1.807, 2.05) is 19.1 Å². The Balaban J connectivity index is 1.58. The summed E-state index contributed by atoms with van der Waals surface area (Å²) in [6.07, 6.45) is 3.19. The van der Waals surface area contributed by atoms with Gasteiger partial charge in [0.05, 0.1) is 4.90 Å². The van der Waals surface area contributed by atoms with E-state index in [4.69, 9.17) is 11.6 Å². The van der Waals surface area contributed by atoms with Crippen molar-refractivity contribution in [1.82, 2.24) is 9.62 Å². The standard InChI is InChI=1S/C21H26ClN3O3S/c1-16-8-10-20(11-9-16)29(27,28)25-14-3-2-7-19(25)12-13-23-21(26)24-18-6-4-5-17(22)15-18/h4-6,8-11,15,19H,2-3,7,12-14H2,1H3,(H2,23,24,26)/t19-/m0/s1. The molecule has 0 spiro atoms. The fourth-order valence-electron chi connectivity index (χ4n) is 3.52. The Morgan fingerprint density at radius 1 is 1.17 bits per heavy atom. The summed E-state index contributed by atoms with van der Waals surface area (Å²) in [6, 6.07) is 13.4. The van der Waals surface area contributed by atoms with E-state index in [-0.39, 0.29) is 12.1 Å². The van der Waals surface area contributed by atoms with Gasteiger partial charge in [-0.2, -0.15) is 4.31 Å². The summed E-state index contributed by atoms with van der Waals surface area (Å²) in [5, 5.41) is 6.07. The summed E-state index contributed by atoms with van der Waals surface area (Å²) in [5.74, 6) is 0. The van der Waals surface area contributed by atoms with E-state index in [0.717, 1.165) is 24.8 Å². The van der Waals surface area contributed by atoms with Gasteiger partial charge in [-0.1, -0.05) is 41.8 Å². The lowest BCUT2D eigenvalue weighted by atomic mass is 10.0. The minimum absolute atomic E-state index is 0.124.